The molecule has 8 nitrogen and oxygen atoms in total. The molecular weight excluding hydrogens is 384 g/mol. The third kappa shape index (κ3) is 7.12. The second-order valence-electron chi connectivity index (χ2n) is 6.54. The largest absolute Gasteiger partial charge is 0.494 e. The van der Waals surface area contributed by atoms with E-state index in [1.807, 2.05) is 6.92 Å². The molecule has 28 heavy (non-hydrogen) atoms. The third-order valence-electron chi connectivity index (χ3n) is 4.42. The Hall–Kier alpha value is -2.13. The Balaban J connectivity index is 1.78. The number of sulfonamides is 1. The molecule has 156 valence electrons. The van der Waals surface area contributed by atoms with Crippen molar-refractivity contribution in [2.24, 2.45) is 0 Å². The Kier molecular flexibility index (Phi) is 8.72. The summed E-state index contributed by atoms with van der Waals surface area (Å²) in [5.41, 5.74) is 0. The van der Waals surface area contributed by atoms with Gasteiger partial charge in [-0.15, -0.1) is 0 Å². The fourth-order valence-electron chi connectivity index (χ4n) is 2.90. The molecule has 1 N–H and O–H groups in total. The van der Waals surface area contributed by atoms with E-state index in [1.54, 1.807) is 17.0 Å². The van der Waals surface area contributed by atoms with Gasteiger partial charge in [0.05, 0.1) is 11.5 Å². The first-order chi connectivity index (χ1) is 13.4. The quantitative estimate of drug-likeness (QED) is 0.652. The van der Waals surface area contributed by atoms with Crippen LogP contribution >= 0.6 is 0 Å². The number of nitrogens with zero attached hydrogens (tertiary/aromatic N) is 1. The highest BCUT2D eigenvalue weighted by Crippen LogP contribution is 2.15. The highest BCUT2D eigenvalue weighted by molar-refractivity contribution is 7.89. The lowest BCUT2D eigenvalue weighted by atomic mass is 10.1. The topological polar surface area (TPSA) is 102 Å². The van der Waals surface area contributed by atoms with Crippen molar-refractivity contribution in [1.29, 1.82) is 0 Å². The SMILES string of the molecule is CCOc1ccc(S(=O)(=O)NCC(=O)OCC(=O)N2CCCCCCC2)cc1. The van der Waals surface area contributed by atoms with Crippen molar-refractivity contribution in [2.45, 2.75) is 43.9 Å². The average Bonchev–Trinajstić information content (AvgIpc) is 2.65. The maximum atomic E-state index is 12.2. The first-order valence-corrected chi connectivity index (χ1v) is 11.1. The lowest BCUT2D eigenvalue weighted by molar-refractivity contribution is -0.151. The second-order valence-corrected chi connectivity index (χ2v) is 8.31. The van der Waals surface area contributed by atoms with Crippen molar-refractivity contribution in [3.8, 4) is 5.75 Å². The molecule has 0 aliphatic carbocycles. The van der Waals surface area contributed by atoms with Gasteiger partial charge in [-0.3, -0.25) is 9.59 Å². The minimum Gasteiger partial charge on any atom is -0.494 e. The Morgan fingerprint density at radius 3 is 2.25 bits per heavy atom. The summed E-state index contributed by atoms with van der Waals surface area (Å²) in [5, 5.41) is 0. The van der Waals surface area contributed by atoms with Crippen LogP contribution < -0.4 is 9.46 Å². The molecule has 2 rings (SSSR count). The van der Waals surface area contributed by atoms with E-state index in [1.165, 1.54) is 18.6 Å². The number of hydrogen-bond donors (Lipinski definition) is 1. The molecule has 0 aromatic heterocycles. The van der Waals surface area contributed by atoms with Gasteiger partial charge in [-0.2, -0.15) is 4.72 Å². The molecule has 1 aliphatic heterocycles. The summed E-state index contributed by atoms with van der Waals surface area (Å²) in [6.45, 7) is 2.73. The molecule has 1 aromatic rings. The van der Waals surface area contributed by atoms with E-state index in [2.05, 4.69) is 4.72 Å². The van der Waals surface area contributed by atoms with Crippen LogP contribution in [0.2, 0.25) is 0 Å². The van der Waals surface area contributed by atoms with Crippen LogP contribution in [0.3, 0.4) is 0 Å². The van der Waals surface area contributed by atoms with Crippen molar-refractivity contribution in [1.82, 2.24) is 9.62 Å². The van der Waals surface area contributed by atoms with E-state index in [9.17, 15) is 18.0 Å². The highest BCUT2D eigenvalue weighted by atomic mass is 32.2. The van der Waals surface area contributed by atoms with E-state index in [0.29, 0.717) is 25.4 Å². The molecule has 9 heteroatoms. The number of nitrogens with one attached hydrogen (secondary N) is 1. The number of esters is 1. The van der Waals surface area contributed by atoms with Crippen LogP contribution in [0.25, 0.3) is 0 Å². The molecule has 1 amide bonds. The predicted molar refractivity (Wildman–Crippen MR) is 103 cm³/mol. The summed E-state index contributed by atoms with van der Waals surface area (Å²) < 4.78 is 36.8. The van der Waals surface area contributed by atoms with Crippen LogP contribution in [0, 0.1) is 0 Å². The van der Waals surface area contributed by atoms with Gasteiger partial charge in [0.25, 0.3) is 5.91 Å². The van der Waals surface area contributed by atoms with Crippen LogP contribution in [0.15, 0.2) is 29.2 Å². The summed E-state index contributed by atoms with van der Waals surface area (Å²) in [4.78, 5) is 25.7. The molecule has 0 saturated carbocycles. The first-order valence-electron chi connectivity index (χ1n) is 9.58. The second kappa shape index (κ2) is 11.0. The van der Waals surface area contributed by atoms with Crippen molar-refractivity contribution in [3.05, 3.63) is 24.3 Å². The number of benzene rings is 1. The molecule has 1 aromatic carbocycles. The van der Waals surface area contributed by atoms with E-state index in [4.69, 9.17) is 9.47 Å². The van der Waals surface area contributed by atoms with Gasteiger partial charge in [-0.05, 0) is 44.0 Å². The lowest BCUT2D eigenvalue weighted by Crippen LogP contribution is -2.38. The molecule has 1 aliphatic rings. The third-order valence-corrected chi connectivity index (χ3v) is 5.83. The van der Waals surface area contributed by atoms with Gasteiger partial charge >= 0.3 is 5.97 Å². The van der Waals surface area contributed by atoms with E-state index >= 15 is 0 Å². The van der Waals surface area contributed by atoms with Gasteiger partial charge < -0.3 is 14.4 Å². The van der Waals surface area contributed by atoms with Crippen LogP contribution in [-0.4, -0.2) is 58.0 Å². The minimum atomic E-state index is -3.86. The maximum Gasteiger partial charge on any atom is 0.321 e. The average molecular weight is 413 g/mol. The van der Waals surface area contributed by atoms with Crippen LogP contribution in [0.5, 0.6) is 5.75 Å². The number of carbonyl (C=O) groups excluding carboxylic acids is 2. The molecule has 1 saturated heterocycles. The predicted octanol–water partition coefficient (Wildman–Crippen LogP) is 1.70. The summed E-state index contributed by atoms with van der Waals surface area (Å²) in [7, 11) is -3.86. The summed E-state index contributed by atoms with van der Waals surface area (Å²) in [5.74, 6) is -0.483. The van der Waals surface area contributed by atoms with Gasteiger partial charge in [0.1, 0.15) is 12.3 Å². The number of carbonyl (C=O) groups is 2. The summed E-state index contributed by atoms with van der Waals surface area (Å²) >= 11 is 0. The molecule has 0 unspecified atom stereocenters. The molecule has 1 heterocycles. The Labute approximate surface area is 166 Å². The Morgan fingerprint density at radius 1 is 1.04 bits per heavy atom. The smallest absolute Gasteiger partial charge is 0.321 e. The molecule has 1 fully saturated rings. The van der Waals surface area contributed by atoms with Crippen molar-refractivity contribution in [3.63, 3.8) is 0 Å². The highest BCUT2D eigenvalue weighted by Gasteiger charge is 2.19. The summed E-state index contributed by atoms with van der Waals surface area (Å²) in [6.07, 6.45) is 5.27. The van der Waals surface area contributed by atoms with Gasteiger partial charge in [0, 0.05) is 13.1 Å². The Morgan fingerprint density at radius 2 is 1.64 bits per heavy atom. The zero-order valence-corrected chi connectivity index (χ0v) is 17.0. The molecule has 0 atom stereocenters. The van der Waals surface area contributed by atoms with E-state index in [0.717, 1.165) is 25.7 Å². The van der Waals surface area contributed by atoms with E-state index < -0.39 is 22.5 Å². The molecule has 0 radical (unpaired) electrons. The van der Waals surface area contributed by atoms with Crippen LogP contribution in [-0.2, 0) is 24.3 Å². The van der Waals surface area contributed by atoms with Gasteiger partial charge in [-0.25, -0.2) is 8.42 Å². The maximum absolute atomic E-state index is 12.2. The Bertz CT molecular complexity index is 740. The normalized spacial score (nSPS) is 15.4. The summed E-state index contributed by atoms with van der Waals surface area (Å²) in [6, 6.07) is 5.87. The number of likely N-dealkylation sites (tertiary alicyclic amines) is 1. The zero-order chi connectivity index (χ0) is 20.4. The monoisotopic (exact) mass is 412 g/mol. The number of rotatable bonds is 8. The van der Waals surface area contributed by atoms with Gasteiger partial charge in [-0.1, -0.05) is 19.3 Å². The van der Waals surface area contributed by atoms with Crippen LogP contribution in [0.4, 0.5) is 0 Å². The zero-order valence-electron chi connectivity index (χ0n) is 16.2. The fourth-order valence-corrected chi connectivity index (χ4v) is 3.87. The lowest BCUT2D eigenvalue weighted by Gasteiger charge is -2.24. The number of hydrogen-bond acceptors (Lipinski definition) is 6. The number of ether oxygens (including phenoxy) is 2. The first kappa shape index (κ1) is 22.2. The molecule has 0 bridgehead atoms. The number of amides is 1. The van der Waals surface area contributed by atoms with Gasteiger partial charge in [0.15, 0.2) is 6.61 Å². The standard InChI is InChI=1S/C19H28N2O6S/c1-2-26-16-8-10-17(11-9-16)28(24,25)20-14-19(23)27-15-18(22)21-12-6-4-3-5-7-13-21/h8-11,20H,2-7,12-15H2,1H3. The van der Waals surface area contributed by atoms with Crippen molar-refractivity contribution >= 4 is 21.9 Å². The minimum absolute atomic E-state index is 0.0143. The van der Waals surface area contributed by atoms with Crippen LogP contribution in [0.1, 0.15) is 39.0 Å². The van der Waals surface area contributed by atoms with Gasteiger partial charge in [0.2, 0.25) is 10.0 Å². The van der Waals surface area contributed by atoms with Crippen molar-refractivity contribution < 1.29 is 27.5 Å². The van der Waals surface area contributed by atoms with E-state index in [-0.39, 0.29) is 17.4 Å². The van der Waals surface area contributed by atoms with Crippen molar-refractivity contribution in [2.75, 3.05) is 32.8 Å². The molecular formula is C19H28N2O6S. The molecule has 0 spiro atoms. The fraction of sp³-hybridized carbons (Fsp3) is 0.579.